The van der Waals surface area contributed by atoms with Gasteiger partial charge < -0.3 is 14.8 Å². The fourth-order valence-corrected chi connectivity index (χ4v) is 4.46. The summed E-state index contributed by atoms with van der Waals surface area (Å²) in [5.74, 6) is 0.739. The number of ether oxygens (including phenoxy) is 2. The molecule has 0 fully saturated rings. The molecule has 0 spiro atoms. The average Bonchev–Trinajstić information content (AvgIpc) is 2.68. The molecule has 2 rings (SSSR count). The van der Waals surface area contributed by atoms with Crippen LogP contribution >= 0.6 is 11.6 Å². The lowest BCUT2D eigenvalue weighted by atomic mass is 10.1. The van der Waals surface area contributed by atoms with Crippen molar-refractivity contribution in [1.82, 2.24) is 5.32 Å². The number of carbonyl (C=O) groups is 1. The summed E-state index contributed by atoms with van der Waals surface area (Å²) in [5.41, 5.74) is 1.84. The van der Waals surface area contributed by atoms with E-state index in [0.29, 0.717) is 27.8 Å². The Balaban J connectivity index is 2.33. The van der Waals surface area contributed by atoms with Gasteiger partial charge in [0.25, 0.3) is 0 Å². The van der Waals surface area contributed by atoms with Crippen LogP contribution in [-0.4, -0.2) is 40.8 Å². The van der Waals surface area contributed by atoms with Gasteiger partial charge in [0.1, 0.15) is 17.5 Å². The van der Waals surface area contributed by atoms with Gasteiger partial charge in [-0.15, -0.1) is 0 Å². The summed E-state index contributed by atoms with van der Waals surface area (Å²) in [5, 5.41) is 3.28. The van der Waals surface area contributed by atoms with Crippen LogP contribution in [0.1, 0.15) is 31.0 Å². The van der Waals surface area contributed by atoms with Crippen LogP contribution in [0.2, 0.25) is 5.02 Å². The molecule has 0 aliphatic heterocycles. The third-order valence-electron chi connectivity index (χ3n) is 4.76. The van der Waals surface area contributed by atoms with Crippen LogP contribution in [0.5, 0.6) is 11.5 Å². The predicted octanol–water partition coefficient (Wildman–Crippen LogP) is 3.70. The third kappa shape index (κ3) is 5.37. The van der Waals surface area contributed by atoms with Crippen LogP contribution < -0.4 is 19.1 Å². The van der Waals surface area contributed by atoms with E-state index in [1.165, 1.54) is 20.1 Å². The second-order valence-electron chi connectivity index (χ2n) is 7.01. The summed E-state index contributed by atoms with van der Waals surface area (Å²) in [6.07, 6.45) is 1.05. The van der Waals surface area contributed by atoms with E-state index in [1.807, 2.05) is 6.92 Å². The molecule has 0 aromatic heterocycles. The first-order chi connectivity index (χ1) is 14.0. The predicted molar refractivity (Wildman–Crippen MR) is 119 cm³/mol. The van der Waals surface area contributed by atoms with Crippen molar-refractivity contribution < 1.29 is 22.7 Å². The molecule has 7 nitrogen and oxygen atoms in total. The lowest BCUT2D eigenvalue weighted by molar-refractivity contribution is -0.122. The van der Waals surface area contributed by atoms with Crippen LogP contribution in [0, 0.1) is 6.92 Å². The van der Waals surface area contributed by atoms with E-state index in [4.69, 9.17) is 21.1 Å². The molecular formula is C21H27ClN2O5S. The molecule has 2 aromatic carbocycles. The summed E-state index contributed by atoms with van der Waals surface area (Å²) in [6.45, 7) is 5.13. The van der Waals surface area contributed by atoms with Crippen LogP contribution in [0.4, 0.5) is 5.69 Å². The number of benzene rings is 2. The number of anilines is 1. The first kappa shape index (κ1) is 23.8. The molecule has 0 saturated carbocycles. The summed E-state index contributed by atoms with van der Waals surface area (Å²) in [7, 11) is -0.661. The van der Waals surface area contributed by atoms with Crippen molar-refractivity contribution in [3.63, 3.8) is 0 Å². The maximum absolute atomic E-state index is 13.0. The smallest absolute Gasteiger partial charge is 0.244 e. The van der Waals surface area contributed by atoms with Gasteiger partial charge in [0.2, 0.25) is 15.9 Å². The fraction of sp³-hybridized carbons (Fsp3) is 0.381. The molecule has 2 unspecified atom stereocenters. The number of hydrogen-bond donors (Lipinski definition) is 1. The Morgan fingerprint density at radius 2 is 1.77 bits per heavy atom. The number of nitrogens with one attached hydrogen (secondary N) is 1. The quantitative estimate of drug-likeness (QED) is 0.657. The van der Waals surface area contributed by atoms with Crippen molar-refractivity contribution in [3.05, 3.63) is 52.5 Å². The molecule has 1 amide bonds. The zero-order chi connectivity index (χ0) is 22.6. The van der Waals surface area contributed by atoms with Crippen LogP contribution in [0.15, 0.2) is 36.4 Å². The lowest BCUT2D eigenvalue weighted by Crippen LogP contribution is -2.48. The minimum Gasteiger partial charge on any atom is -0.497 e. The zero-order valence-electron chi connectivity index (χ0n) is 17.9. The molecular weight excluding hydrogens is 428 g/mol. The second kappa shape index (κ2) is 9.57. The van der Waals surface area contributed by atoms with E-state index in [2.05, 4.69) is 5.32 Å². The number of aryl methyl sites for hydroxylation is 1. The topological polar surface area (TPSA) is 84.9 Å². The minimum absolute atomic E-state index is 0.322. The summed E-state index contributed by atoms with van der Waals surface area (Å²) < 4.78 is 36.6. The molecule has 0 heterocycles. The fourth-order valence-electron chi connectivity index (χ4n) is 3.12. The minimum atomic E-state index is -3.75. The molecule has 9 heteroatoms. The number of halogens is 1. The van der Waals surface area contributed by atoms with Crippen molar-refractivity contribution in [2.75, 3.05) is 24.8 Å². The maximum Gasteiger partial charge on any atom is 0.244 e. The zero-order valence-corrected chi connectivity index (χ0v) is 19.5. The average molecular weight is 455 g/mol. The van der Waals surface area contributed by atoms with Crippen molar-refractivity contribution in [1.29, 1.82) is 0 Å². The van der Waals surface area contributed by atoms with Gasteiger partial charge in [-0.2, -0.15) is 0 Å². The van der Waals surface area contributed by atoms with Gasteiger partial charge in [-0.05, 0) is 56.7 Å². The maximum atomic E-state index is 13.0. The Bertz CT molecular complexity index is 1030. The Morgan fingerprint density at radius 3 is 2.30 bits per heavy atom. The van der Waals surface area contributed by atoms with Gasteiger partial charge in [-0.25, -0.2) is 8.42 Å². The molecule has 0 saturated heterocycles. The Morgan fingerprint density at radius 1 is 1.10 bits per heavy atom. The van der Waals surface area contributed by atoms with Gasteiger partial charge in [-0.3, -0.25) is 9.10 Å². The molecule has 2 aromatic rings. The molecule has 30 heavy (non-hydrogen) atoms. The molecule has 0 radical (unpaired) electrons. The van der Waals surface area contributed by atoms with E-state index >= 15 is 0 Å². The number of rotatable bonds is 8. The number of carbonyl (C=O) groups excluding carboxylic acids is 1. The molecule has 164 valence electrons. The van der Waals surface area contributed by atoms with Gasteiger partial charge in [0.15, 0.2) is 0 Å². The highest BCUT2D eigenvalue weighted by atomic mass is 35.5. The highest BCUT2D eigenvalue weighted by Crippen LogP contribution is 2.30. The third-order valence-corrected chi connectivity index (χ3v) is 6.41. The van der Waals surface area contributed by atoms with E-state index < -0.39 is 28.0 Å². The first-order valence-electron chi connectivity index (χ1n) is 9.27. The Kier molecular flexibility index (Phi) is 7.60. The van der Waals surface area contributed by atoms with Crippen molar-refractivity contribution in [3.8, 4) is 11.5 Å². The van der Waals surface area contributed by atoms with Crippen LogP contribution in [0.25, 0.3) is 0 Å². The number of hydrogen-bond acceptors (Lipinski definition) is 5. The molecule has 0 bridgehead atoms. The van der Waals surface area contributed by atoms with Crippen molar-refractivity contribution in [2.45, 2.75) is 32.9 Å². The van der Waals surface area contributed by atoms with E-state index in [9.17, 15) is 13.2 Å². The van der Waals surface area contributed by atoms with E-state index in [1.54, 1.807) is 44.4 Å². The van der Waals surface area contributed by atoms with Gasteiger partial charge >= 0.3 is 0 Å². The monoisotopic (exact) mass is 454 g/mol. The van der Waals surface area contributed by atoms with Crippen LogP contribution in [-0.2, 0) is 14.8 Å². The normalized spacial score (nSPS) is 13.3. The van der Waals surface area contributed by atoms with Crippen molar-refractivity contribution in [2.24, 2.45) is 0 Å². The van der Waals surface area contributed by atoms with Crippen molar-refractivity contribution >= 4 is 33.2 Å². The van der Waals surface area contributed by atoms with Gasteiger partial charge in [0, 0.05) is 10.6 Å². The highest BCUT2D eigenvalue weighted by Gasteiger charge is 2.30. The molecule has 0 aliphatic rings. The number of methoxy groups -OCH3 is 2. The number of nitrogens with zero attached hydrogens (tertiary/aromatic N) is 1. The molecule has 0 aliphatic carbocycles. The van der Waals surface area contributed by atoms with E-state index in [-0.39, 0.29) is 0 Å². The van der Waals surface area contributed by atoms with Crippen LogP contribution in [0.3, 0.4) is 0 Å². The Hall–Kier alpha value is -2.45. The molecule has 1 N–H and O–H groups in total. The van der Waals surface area contributed by atoms with E-state index in [0.717, 1.165) is 16.1 Å². The van der Waals surface area contributed by atoms with Gasteiger partial charge in [0.05, 0.1) is 32.2 Å². The summed E-state index contributed by atoms with van der Waals surface area (Å²) >= 11 is 6.17. The Labute approximate surface area is 183 Å². The summed E-state index contributed by atoms with van der Waals surface area (Å²) in [4.78, 5) is 13.0. The van der Waals surface area contributed by atoms with Gasteiger partial charge in [-0.1, -0.05) is 17.7 Å². The number of sulfonamides is 1. The SMILES string of the molecule is COc1ccc(OC)c(C(C)NC(=O)C(C)N(c2ccc(C)c(Cl)c2)S(C)(=O)=O)c1. The second-order valence-corrected chi connectivity index (χ2v) is 9.27. The summed E-state index contributed by atoms with van der Waals surface area (Å²) in [6, 6.07) is 8.69. The lowest BCUT2D eigenvalue weighted by Gasteiger charge is -2.29. The molecule has 2 atom stereocenters. The number of amides is 1. The first-order valence-corrected chi connectivity index (χ1v) is 11.5. The highest BCUT2D eigenvalue weighted by molar-refractivity contribution is 7.92. The largest absolute Gasteiger partial charge is 0.497 e. The standard InChI is InChI=1S/C21H27ClN2O5S/c1-13-7-8-16(11-19(13)22)24(30(6,26)27)15(3)21(25)23-14(2)18-12-17(28-4)9-10-20(18)29-5/h7-12,14-15H,1-6H3,(H,23,25).